The summed E-state index contributed by atoms with van der Waals surface area (Å²) in [5.74, 6) is 1.03. The van der Waals surface area contributed by atoms with E-state index >= 15 is 0 Å². The first-order valence-corrected chi connectivity index (χ1v) is 10.3. The molecule has 1 aliphatic rings. The smallest absolute Gasteiger partial charge is 0.310 e. The van der Waals surface area contributed by atoms with E-state index in [1.165, 1.54) is 5.01 Å². The Morgan fingerprint density at radius 1 is 1.13 bits per heavy atom. The average Bonchev–Trinajstić information content (AvgIpc) is 3.40. The molecule has 0 bridgehead atoms. The van der Waals surface area contributed by atoms with E-state index < -0.39 is 0 Å². The van der Waals surface area contributed by atoms with Crippen LogP contribution < -0.4 is 9.47 Å². The van der Waals surface area contributed by atoms with Gasteiger partial charge in [-0.05, 0) is 51.8 Å². The monoisotopic (exact) mass is 488 g/mol. The minimum atomic E-state index is -0.354. The number of methoxy groups -OCH3 is 2. The van der Waals surface area contributed by atoms with Gasteiger partial charge in [-0.25, -0.2) is 5.01 Å². The number of carbonyl (C=O) groups excluding carboxylic acids is 1. The molecule has 0 N–H and O–H groups in total. The van der Waals surface area contributed by atoms with Gasteiger partial charge in [0.25, 0.3) is 0 Å². The molecule has 0 saturated carbocycles. The van der Waals surface area contributed by atoms with Crippen LogP contribution in [0.4, 0.5) is 0 Å². The van der Waals surface area contributed by atoms with Crippen molar-refractivity contribution in [2.24, 2.45) is 5.10 Å². The fourth-order valence-electron chi connectivity index (χ4n) is 3.42. The molecular formula is C22H18BrClN2O4. The molecule has 6 nitrogen and oxygen atoms in total. The fourth-order valence-corrected chi connectivity index (χ4v) is 3.97. The molecule has 8 heteroatoms. The zero-order valence-corrected chi connectivity index (χ0v) is 18.6. The first-order chi connectivity index (χ1) is 14.5. The number of furan rings is 1. The Hall–Kier alpha value is -2.77. The van der Waals surface area contributed by atoms with Crippen LogP contribution in [0.15, 0.2) is 68.8 Å². The highest BCUT2D eigenvalue weighted by atomic mass is 79.9. The van der Waals surface area contributed by atoms with Gasteiger partial charge in [0.2, 0.25) is 0 Å². The highest BCUT2D eigenvalue weighted by Crippen LogP contribution is 2.39. The Morgan fingerprint density at radius 2 is 1.90 bits per heavy atom. The summed E-state index contributed by atoms with van der Waals surface area (Å²) in [5.41, 5.74) is 2.37. The maximum atomic E-state index is 13.2. The maximum Gasteiger partial charge on any atom is 0.310 e. The first kappa shape index (κ1) is 20.5. The molecule has 0 aliphatic carbocycles. The molecule has 0 spiro atoms. The van der Waals surface area contributed by atoms with Gasteiger partial charge in [0.05, 0.1) is 26.0 Å². The highest BCUT2D eigenvalue weighted by Gasteiger charge is 2.36. The minimum Gasteiger partial charge on any atom is -0.493 e. The Morgan fingerprint density at radius 3 is 2.57 bits per heavy atom. The molecular weight excluding hydrogens is 472 g/mol. The summed E-state index contributed by atoms with van der Waals surface area (Å²) in [6.07, 6.45) is 0.493. The van der Waals surface area contributed by atoms with Gasteiger partial charge in [0, 0.05) is 17.0 Å². The first-order valence-electron chi connectivity index (χ1n) is 9.15. The second-order valence-electron chi connectivity index (χ2n) is 6.61. The summed E-state index contributed by atoms with van der Waals surface area (Å²) >= 11 is 9.63. The molecule has 2 heterocycles. The summed E-state index contributed by atoms with van der Waals surface area (Å²) in [4.78, 5) is 13.2. The van der Waals surface area contributed by atoms with Crippen LogP contribution in [0.2, 0.25) is 5.02 Å². The summed E-state index contributed by atoms with van der Waals surface area (Å²) in [7, 11) is 3.15. The van der Waals surface area contributed by atoms with Crippen molar-refractivity contribution in [2.45, 2.75) is 12.5 Å². The topological polar surface area (TPSA) is 64.3 Å². The van der Waals surface area contributed by atoms with Crippen molar-refractivity contribution in [3.63, 3.8) is 0 Å². The lowest BCUT2D eigenvalue weighted by atomic mass is 9.98. The predicted molar refractivity (Wildman–Crippen MR) is 117 cm³/mol. The van der Waals surface area contributed by atoms with Crippen LogP contribution in [0.5, 0.6) is 11.5 Å². The van der Waals surface area contributed by atoms with E-state index in [-0.39, 0.29) is 17.7 Å². The zero-order valence-electron chi connectivity index (χ0n) is 16.3. The number of ether oxygens (including phenoxy) is 2. The number of nitrogens with zero attached hydrogens (tertiary/aromatic N) is 2. The van der Waals surface area contributed by atoms with E-state index in [0.717, 1.165) is 16.8 Å². The lowest BCUT2D eigenvalue weighted by molar-refractivity contribution is 0.0677. The van der Waals surface area contributed by atoms with E-state index in [1.54, 1.807) is 32.4 Å². The molecule has 30 heavy (non-hydrogen) atoms. The maximum absolute atomic E-state index is 13.2. The molecule has 0 fully saturated rings. The largest absolute Gasteiger partial charge is 0.493 e. The lowest BCUT2D eigenvalue weighted by Crippen LogP contribution is -2.26. The number of amides is 1. The number of hydrogen-bond donors (Lipinski definition) is 0. The van der Waals surface area contributed by atoms with Crippen molar-refractivity contribution in [1.29, 1.82) is 0 Å². The van der Waals surface area contributed by atoms with Crippen molar-refractivity contribution in [1.82, 2.24) is 5.01 Å². The van der Waals surface area contributed by atoms with Gasteiger partial charge >= 0.3 is 5.91 Å². The second-order valence-corrected chi connectivity index (χ2v) is 7.80. The van der Waals surface area contributed by atoms with Crippen LogP contribution in [-0.2, 0) is 0 Å². The third-order valence-electron chi connectivity index (χ3n) is 4.88. The summed E-state index contributed by atoms with van der Waals surface area (Å²) < 4.78 is 16.7. The Bertz CT molecular complexity index is 1130. The molecule has 0 radical (unpaired) electrons. The summed E-state index contributed by atoms with van der Waals surface area (Å²) in [5, 5.41) is 6.65. The predicted octanol–water partition coefficient (Wildman–Crippen LogP) is 5.70. The van der Waals surface area contributed by atoms with Crippen LogP contribution >= 0.6 is 27.5 Å². The normalized spacial score (nSPS) is 15.8. The van der Waals surface area contributed by atoms with E-state index in [0.29, 0.717) is 27.6 Å². The van der Waals surface area contributed by atoms with Gasteiger partial charge in [-0.15, -0.1) is 0 Å². The molecule has 1 unspecified atom stereocenters. The van der Waals surface area contributed by atoms with E-state index in [1.807, 2.05) is 36.4 Å². The zero-order chi connectivity index (χ0) is 21.3. The van der Waals surface area contributed by atoms with E-state index in [4.69, 9.17) is 25.5 Å². The highest BCUT2D eigenvalue weighted by molar-refractivity contribution is 9.10. The number of hydrogen-bond acceptors (Lipinski definition) is 5. The van der Waals surface area contributed by atoms with E-state index in [9.17, 15) is 4.79 Å². The molecule has 3 aromatic rings. The second kappa shape index (κ2) is 8.53. The van der Waals surface area contributed by atoms with Crippen molar-refractivity contribution in [2.75, 3.05) is 14.2 Å². The number of benzene rings is 2. The van der Waals surface area contributed by atoms with Crippen LogP contribution in [0.3, 0.4) is 0 Å². The fraction of sp³-hybridized carbons (Fsp3) is 0.182. The Balaban J connectivity index is 1.76. The number of carbonyl (C=O) groups is 1. The SMILES string of the molecule is COc1ccc(C2CC(c3ccccc3Cl)=NN2C(=O)c2ccc(Br)o2)cc1OC. The van der Waals surface area contributed by atoms with Gasteiger partial charge < -0.3 is 13.9 Å². The molecule has 1 amide bonds. The van der Waals surface area contributed by atoms with Crippen molar-refractivity contribution < 1.29 is 18.7 Å². The minimum absolute atomic E-state index is 0.191. The molecule has 2 aromatic carbocycles. The van der Waals surface area contributed by atoms with Crippen LogP contribution in [0, 0.1) is 0 Å². The summed E-state index contributed by atoms with van der Waals surface area (Å²) in [6, 6.07) is 15.9. The van der Waals surface area contributed by atoms with E-state index in [2.05, 4.69) is 21.0 Å². The third-order valence-corrected chi connectivity index (χ3v) is 5.64. The molecule has 4 rings (SSSR count). The summed E-state index contributed by atoms with van der Waals surface area (Å²) in [6.45, 7) is 0. The average molecular weight is 490 g/mol. The van der Waals surface area contributed by atoms with Crippen molar-refractivity contribution >= 4 is 39.1 Å². The lowest BCUT2D eigenvalue weighted by Gasteiger charge is -2.22. The quantitative estimate of drug-likeness (QED) is 0.461. The standard InChI is InChI=1S/C22H18BrClN2O4/c1-28-18-8-7-13(11-20(18)29-2)17-12-16(14-5-3-4-6-15(14)24)25-26(17)22(27)19-9-10-21(23)30-19/h3-11,17H,12H2,1-2H3. The van der Waals surface area contributed by atoms with Crippen molar-refractivity contribution in [3.05, 3.63) is 81.2 Å². The molecule has 1 atom stereocenters. The van der Waals surface area contributed by atoms with Gasteiger partial charge in [-0.3, -0.25) is 4.79 Å². The van der Waals surface area contributed by atoms with Gasteiger partial charge in [0.15, 0.2) is 21.9 Å². The van der Waals surface area contributed by atoms with Crippen LogP contribution in [0.1, 0.15) is 34.1 Å². The van der Waals surface area contributed by atoms with Gasteiger partial charge in [0.1, 0.15) is 0 Å². The molecule has 1 aliphatic heterocycles. The van der Waals surface area contributed by atoms with Crippen LogP contribution in [-0.4, -0.2) is 30.8 Å². The Labute approximate surface area is 187 Å². The van der Waals surface area contributed by atoms with Gasteiger partial charge in [-0.2, -0.15) is 5.10 Å². The number of rotatable bonds is 5. The Kier molecular flexibility index (Phi) is 5.83. The molecule has 154 valence electrons. The third kappa shape index (κ3) is 3.82. The molecule has 0 saturated heterocycles. The van der Waals surface area contributed by atoms with Gasteiger partial charge in [-0.1, -0.05) is 35.9 Å². The van der Waals surface area contributed by atoms with Crippen LogP contribution in [0.25, 0.3) is 0 Å². The number of hydrazone groups is 1. The molecule has 1 aromatic heterocycles. The van der Waals surface area contributed by atoms with Crippen molar-refractivity contribution in [3.8, 4) is 11.5 Å². The number of halogens is 2.